The molecule has 0 saturated heterocycles. The first-order valence-electron chi connectivity index (χ1n) is 7.81. The molecule has 21 heavy (non-hydrogen) atoms. The summed E-state index contributed by atoms with van der Waals surface area (Å²) in [5.41, 5.74) is 2.56. The lowest BCUT2D eigenvalue weighted by molar-refractivity contribution is -0.143. The standard InChI is InChI=1S/C18H29NO2/c1-13(2)10-15-6-8-16(9-7-15)12-19-17(11-14(3)4)18(20)21-5/h6-9,13-14,17,19H,10-12H2,1-5H3. The maximum atomic E-state index is 11.8. The lowest BCUT2D eigenvalue weighted by atomic mass is 10.0. The van der Waals surface area contributed by atoms with Gasteiger partial charge in [0, 0.05) is 6.54 Å². The Labute approximate surface area is 129 Å². The van der Waals surface area contributed by atoms with Gasteiger partial charge in [0.1, 0.15) is 6.04 Å². The lowest BCUT2D eigenvalue weighted by Gasteiger charge is -2.18. The molecule has 0 aliphatic heterocycles. The van der Waals surface area contributed by atoms with Crippen LogP contribution in [0, 0.1) is 11.8 Å². The van der Waals surface area contributed by atoms with E-state index >= 15 is 0 Å². The van der Waals surface area contributed by atoms with Crippen LogP contribution in [-0.2, 0) is 22.5 Å². The third-order valence-corrected chi connectivity index (χ3v) is 3.41. The Morgan fingerprint density at radius 1 is 1.05 bits per heavy atom. The molecule has 0 fully saturated rings. The minimum atomic E-state index is -0.231. The predicted molar refractivity (Wildman–Crippen MR) is 87.1 cm³/mol. The van der Waals surface area contributed by atoms with Gasteiger partial charge in [-0.05, 0) is 35.8 Å². The van der Waals surface area contributed by atoms with Gasteiger partial charge >= 0.3 is 5.97 Å². The molecule has 0 aliphatic rings. The number of nitrogens with one attached hydrogen (secondary N) is 1. The van der Waals surface area contributed by atoms with Crippen LogP contribution >= 0.6 is 0 Å². The predicted octanol–water partition coefficient (Wildman–Crippen LogP) is 3.56. The van der Waals surface area contributed by atoms with Crippen molar-refractivity contribution in [3.05, 3.63) is 35.4 Å². The molecule has 3 nitrogen and oxygen atoms in total. The number of ether oxygens (including phenoxy) is 1. The highest BCUT2D eigenvalue weighted by Crippen LogP contribution is 2.11. The number of methoxy groups -OCH3 is 1. The molecule has 1 N–H and O–H groups in total. The van der Waals surface area contributed by atoms with Gasteiger partial charge in [0.25, 0.3) is 0 Å². The van der Waals surface area contributed by atoms with Crippen molar-refractivity contribution in [3.8, 4) is 0 Å². The summed E-state index contributed by atoms with van der Waals surface area (Å²) in [5, 5.41) is 3.30. The Balaban J connectivity index is 2.56. The molecular weight excluding hydrogens is 262 g/mol. The van der Waals surface area contributed by atoms with Crippen LogP contribution in [0.2, 0.25) is 0 Å². The number of hydrogen-bond acceptors (Lipinski definition) is 3. The molecule has 0 heterocycles. The van der Waals surface area contributed by atoms with E-state index in [0.29, 0.717) is 18.4 Å². The summed E-state index contributed by atoms with van der Waals surface area (Å²) in [7, 11) is 1.44. The SMILES string of the molecule is COC(=O)C(CC(C)C)NCc1ccc(CC(C)C)cc1. The summed E-state index contributed by atoms with van der Waals surface area (Å²) in [6.45, 7) is 9.36. The minimum Gasteiger partial charge on any atom is -0.468 e. The highest BCUT2D eigenvalue weighted by Gasteiger charge is 2.19. The Kier molecular flexibility index (Phi) is 7.44. The van der Waals surface area contributed by atoms with Crippen molar-refractivity contribution in [3.63, 3.8) is 0 Å². The fraction of sp³-hybridized carbons (Fsp3) is 0.611. The van der Waals surface area contributed by atoms with Gasteiger partial charge < -0.3 is 10.1 Å². The smallest absolute Gasteiger partial charge is 0.322 e. The van der Waals surface area contributed by atoms with Gasteiger partial charge in [0.15, 0.2) is 0 Å². The number of hydrogen-bond donors (Lipinski definition) is 1. The molecule has 1 atom stereocenters. The monoisotopic (exact) mass is 291 g/mol. The third-order valence-electron chi connectivity index (χ3n) is 3.41. The van der Waals surface area contributed by atoms with Crippen molar-refractivity contribution in [2.45, 2.75) is 53.1 Å². The van der Waals surface area contributed by atoms with Gasteiger partial charge in [0.05, 0.1) is 7.11 Å². The van der Waals surface area contributed by atoms with Crippen molar-refractivity contribution >= 4 is 5.97 Å². The molecule has 0 bridgehead atoms. The van der Waals surface area contributed by atoms with E-state index in [-0.39, 0.29) is 12.0 Å². The van der Waals surface area contributed by atoms with Crippen LogP contribution in [0.4, 0.5) is 0 Å². The quantitative estimate of drug-likeness (QED) is 0.744. The molecule has 1 aromatic carbocycles. The fourth-order valence-electron chi connectivity index (χ4n) is 2.38. The average molecular weight is 291 g/mol. The summed E-state index contributed by atoms with van der Waals surface area (Å²) in [6, 6.07) is 8.38. The topological polar surface area (TPSA) is 38.3 Å². The zero-order valence-corrected chi connectivity index (χ0v) is 14.0. The summed E-state index contributed by atoms with van der Waals surface area (Å²) >= 11 is 0. The van der Waals surface area contributed by atoms with Gasteiger partial charge in [-0.1, -0.05) is 52.0 Å². The molecule has 0 amide bonds. The molecule has 0 radical (unpaired) electrons. The zero-order chi connectivity index (χ0) is 15.8. The first-order chi connectivity index (χ1) is 9.92. The normalized spacial score (nSPS) is 12.7. The van der Waals surface area contributed by atoms with E-state index in [4.69, 9.17) is 4.74 Å². The number of esters is 1. The highest BCUT2D eigenvalue weighted by molar-refractivity contribution is 5.75. The van der Waals surface area contributed by atoms with Gasteiger partial charge in [-0.25, -0.2) is 0 Å². The number of rotatable bonds is 8. The molecule has 0 spiro atoms. The van der Waals surface area contributed by atoms with Crippen LogP contribution in [-0.4, -0.2) is 19.1 Å². The summed E-state index contributed by atoms with van der Waals surface area (Å²) in [4.78, 5) is 11.8. The molecular formula is C18H29NO2. The maximum absolute atomic E-state index is 11.8. The molecule has 3 heteroatoms. The first-order valence-corrected chi connectivity index (χ1v) is 7.81. The Morgan fingerprint density at radius 2 is 1.62 bits per heavy atom. The van der Waals surface area contributed by atoms with Crippen LogP contribution in [0.3, 0.4) is 0 Å². The van der Waals surface area contributed by atoms with Crippen molar-refractivity contribution in [2.75, 3.05) is 7.11 Å². The van der Waals surface area contributed by atoms with Crippen molar-refractivity contribution < 1.29 is 9.53 Å². The molecule has 0 aromatic heterocycles. The molecule has 1 aromatic rings. The van der Waals surface area contributed by atoms with Crippen molar-refractivity contribution in [2.24, 2.45) is 11.8 Å². The average Bonchev–Trinajstić information content (AvgIpc) is 2.43. The number of carbonyl (C=O) groups is 1. The van der Waals surface area contributed by atoms with Crippen molar-refractivity contribution in [1.82, 2.24) is 5.32 Å². The molecule has 118 valence electrons. The molecule has 0 aliphatic carbocycles. The van der Waals surface area contributed by atoms with Crippen molar-refractivity contribution in [1.29, 1.82) is 0 Å². The fourth-order valence-corrected chi connectivity index (χ4v) is 2.38. The third kappa shape index (κ3) is 6.76. The largest absolute Gasteiger partial charge is 0.468 e. The number of carbonyl (C=O) groups excluding carboxylic acids is 1. The van der Waals surface area contributed by atoms with E-state index in [2.05, 4.69) is 57.3 Å². The van der Waals surface area contributed by atoms with Crippen LogP contribution in [0.25, 0.3) is 0 Å². The van der Waals surface area contributed by atoms with Gasteiger partial charge in [0.2, 0.25) is 0 Å². The Bertz CT molecular complexity index is 423. The molecule has 0 saturated carbocycles. The zero-order valence-electron chi connectivity index (χ0n) is 14.0. The Morgan fingerprint density at radius 3 is 2.10 bits per heavy atom. The second-order valence-electron chi connectivity index (χ2n) is 6.50. The van der Waals surface area contributed by atoms with E-state index in [1.807, 2.05) is 0 Å². The van der Waals surface area contributed by atoms with Crippen LogP contribution in [0.1, 0.15) is 45.2 Å². The van der Waals surface area contributed by atoms with Gasteiger partial charge in [-0.3, -0.25) is 4.79 Å². The lowest BCUT2D eigenvalue weighted by Crippen LogP contribution is -2.38. The van der Waals surface area contributed by atoms with E-state index in [1.165, 1.54) is 18.2 Å². The van der Waals surface area contributed by atoms with Crippen LogP contribution in [0.15, 0.2) is 24.3 Å². The van der Waals surface area contributed by atoms with Gasteiger partial charge in [-0.2, -0.15) is 0 Å². The minimum absolute atomic E-state index is 0.180. The first kappa shape index (κ1) is 17.7. The number of benzene rings is 1. The van der Waals surface area contributed by atoms with E-state index in [0.717, 1.165) is 12.8 Å². The Hall–Kier alpha value is -1.35. The van der Waals surface area contributed by atoms with E-state index in [9.17, 15) is 4.79 Å². The highest BCUT2D eigenvalue weighted by atomic mass is 16.5. The second kappa shape index (κ2) is 8.83. The van der Waals surface area contributed by atoms with Crippen LogP contribution < -0.4 is 5.32 Å². The summed E-state index contributed by atoms with van der Waals surface area (Å²) in [5.74, 6) is 0.943. The molecule has 1 unspecified atom stereocenters. The summed E-state index contributed by atoms with van der Waals surface area (Å²) < 4.78 is 4.86. The molecule has 1 rings (SSSR count). The van der Waals surface area contributed by atoms with Gasteiger partial charge in [-0.15, -0.1) is 0 Å². The summed E-state index contributed by atoms with van der Waals surface area (Å²) in [6.07, 6.45) is 1.89. The van der Waals surface area contributed by atoms with E-state index in [1.54, 1.807) is 0 Å². The second-order valence-corrected chi connectivity index (χ2v) is 6.50. The van der Waals surface area contributed by atoms with Crippen LogP contribution in [0.5, 0.6) is 0 Å². The van der Waals surface area contributed by atoms with E-state index < -0.39 is 0 Å². The maximum Gasteiger partial charge on any atom is 0.322 e.